The molecule has 16 heteroatoms. The van der Waals surface area contributed by atoms with E-state index in [1.54, 1.807) is 12.1 Å². The van der Waals surface area contributed by atoms with E-state index in [0.717, 1.165) is 32.4 Å². The Morgan fingerprint density at radius 1 is 0.789 bits per heavy atom. The third kappa shape index (κ3) is 6.86. The van der Waals surface area contributed by atoms with Gasteiger partial charge in [-0.2, -0.15) is 25.2 Å². The number of nitro benzene ring substituents is 2. The summed E-state index contributed by atoms with van der Waals surface area (Å²) < 4.78 is 0. The van der Waals surface area contributed by atoms with Crippen LogP contribution in [0.4, 0.5) is 29.2 Å². The maximum atomic E-state index is 11.1. The minimum absolute atomic E-state index is 0.0215. The molecule has 1 aliphatic heterocycles. The van der Waals surface area contributed by atoms with Gasteiger partial charge in [0.2, 0.25) is 17.8 Å². The Balaban J connectivity index is 1.54. The Kier molecular flexibility index (Phi) is 8.55. The minimum atomic E-state index is -0.579. The largest absolute Gasteiger partial charge is 0.341 e. The molecule has 1 aromatic heterocycles. The normalized spacial score (nSPS) is 13.7. The summed E-state index contributed by atoms with van der Waals surface area (Å²) in [5.74, 6) is 0.639. The number of nitro groups is 2. The summed E-state index contributed by atoms with van der Waals surface area (Å²) in [5, 5.41) is 30.4. The molecule has 0 amide bonds. The first-order valence-electron chi connectivity index (χ1n) is 11.3. The summed E-state index contributed by atoms with van der Waals surface area (Å²) in [6.45, 7) is 1.55. The van der Waals surface area contributed by atoms with E-state index in [9.17, 15) is 20.2 Å². The van der Waals surface area contributed by atoms with Gasteiger partial charge in [0.05, 0.1) is 22.3 Å². The van der Waals surface area contributed by atoms with Gasteiger partial charge in [-0.1, -0.05) is 35.3 Å². The zero-order valence-corrected chi connectivity index (χ0v) is 21.1. The van der Waals surface area contributed by atoms with E-state index in [2.05, 4.69) is 36.0 Å². The molecular weight excluding hydrogens is 539 g/mol. The lowest BCUT2D eigenvalue weighted by molar-refractivity contribution is -0.384. The second-order valence-electron chi connectivity index (χ2n) is 8.01. The van der Waals surface area contributed by atoms with Crippen LogP contribution in [0.3, 0.4) is 0 Å². The molecule has 0 aliphatic carbocycles. The number of benzene rings is 2. The maximum Gasteiger partial charge on any atom is 0.288 e. The SMILES string of the molecule is O=[N+]([O-])c1cc(/C=N/Nc2nc(N/N=C/c3ccc(Cl)c([N+](=O)[O-])c3)nc(N3CCCCC3)n2)ccc1Cl. The van der Waals surface area contributed by atoms with Crippen molar-refractivity contribution in [3.63, 3.8) is 0 Å². The third-order valence-electron chi connectivity index (χ3n) is 5.35. The van der Waals surface area contributed by atoms with Crippen molar-refractivity contribution in [1.82, 2.24) is 15.0 Å². The highest BCUT2D eigenvalue weighted by Gasteiger charge is 2.17. The van der Waals surface area contributed by atoms with Gasteiger partial charge in [0.25, 0.3) is 11.4 Å². The average Bonchev–Trinajstić information content (AvgIpc) is 2.90. The van der Waals surface area contributed by atoms with Crippen LogP contribution in [0.25, 0.3) is 0 Å². The molecule has 0 atom stereocenters. The van der Waals surface area contributed by atoms with Crippen LogP contribution < -0.4 is 15.8 Å². The molecular formula is C22H20Cl2N10O4. The fourth-order valence-corrected chi connectivity index (χ4v) is 3.90. The van der Waals surface area contributed by atoms with E-state index in [-0.39, 0.29) is 33.3 Å². The molecule has 4 rings (SSSR count). The first kappa shape index (κ1) is 26.6. The van der Waals surface area contributed by atoms with Crippen molar-refractivity contribution in [1.29, 1.82) is 0 Å². The number of piperidine rings is 1. The number of anilines is 3. The summed E-state index contributed by atoms with van der Waals surface area (Å²) in [7, 11) is 0. The standard InChI is InChI=1S/C22H20Cl2N10O4/c23-16-6-4-14(10-18(16)33(35)36)12-25-30-20-27-21(29-22(28-20)32-8-2-1-3-9-32)31-26-13-15-5-7-17(24)19(11-15)34(37)38/h4-7,10-13H,1-3,8-9H2,(H2,27,28,29,30,31)/b25-12+,26-13+. The molecule has 0 saturated carbocycles. The first-order chi connectivity index (χ1) is 18.3. The van der Waals surface area contributed by atoms with Crippen LogP contribution in [-0.2, 0) is 0 Å². The van der Waals surface area contributed by atoms with Gasteiger partial charge in [-0.3, -0.25) is 20.2 Å². The lowest BCUT2D eigenvalue weighted by Gasteiger charge is -2.26. The fraction of sp³-hybridized carbons (Fsp3) is 0.227. The molecule has 2 aromatic carbocycles. The topological polar surface area (TPSA) is 177 Å². The molecule has 1 fully saturated rings. The zero-order valence-electron chi connectivity index (χ0n) is 19.6. The lowest BCUT2D eigenvalue weighted by atomic mass is 10.1. The number of halogens is 2. The molecule has 196 valence electrons. The van der Waals surface area contributed by atoms with Gasteiger partial charge in [-0.25, -0.2) is 10.9 Å². The summed E-state index contributed by atoms with van der Waals surface area (Å²) in [4.78, 5) is 36.2. The maximum absolute atomic E-state index is 11.1. The predicted molar refractivity (Wildman–Crippen MR) is 145 cm³/mol. The smallest absolute Gasteiger partial charge is 0.288 e. The lowest BCUT2D eigenvalue weighted by Crippen LogP contribution is -2.31. The van der Waals surface area contributed by atoms with Crippen molar-refractivity contribution < 1.29 is 9.85 Å². The molecule has 0 radical (unpaired) electrons. The van der Waals surface area contributed by atoms with Crippen LogP contribution in [0.1, 0.15) is 30.4 Å². The first-order valence-corrected chi connectivity index (χ1v) is 12.0. The summed E-state index contributed by atoms with van der Waals surface area (Å²) >= 11 is 11.7. The van der Waals surface area contributed by atoms with Gasteiger partial charge >= 0.3 is 0 Å². The van der Waals surface area contributed by atoms with Gasteiger partial charge in [-0.05, 0) is 31.4 Å². The Labute approximate surface area is 225 Å². The molecule has 1 aliphatic rings. The number of rotatable bonds is 9. The summed E-state index contributed by atoms with van der Waals surface area (Å²) in [6.07, 6.45) is 5.85. The molecule has 2 heterocycles. The summed E-state index contributed by atoms with van der Waals surface area (Å²) in [5.41, 5.74) is 5.83. The van der Waals surface area contributed by atoms with E-state index >= 15 is 0 Å². The van der Waals surface area contributed by atoms with E-state index in [1.165, 1.54) is 36.7 Å². The Morgan fingerprint density at radius 2 is 1.26 bits per heavy atom. The number of nitrogens with zero attached hydrogens (tertiary/aromatic N) is 8. The molecule has 3 aromatic rings. The molecule has 1 saturated heterocycles. The Morgan fingerprint density at radius 3 is 1.71 bits per heavy atom. The monoisotopic (exact) mass is 558 g/mol. The van der Waals surface area contributed by atoms with Gasteiger partial charge in [0.15, 0.2) is 0 Å². The van der Waals surface area contributed by atoms with E-state index in [0.29, 0.717) is 17.1 Å². The molecule has 0 unspecified atom stereocenters. The van der Waals surface area contributed by atoms with Crippen molar-refractivity contribution in [2.24, 2.45) is 10.2 Å². The Bertz CT molecular complexity index is 1320. The fourth-order valence-electron chi connectivity index (χ4n) is 3.53. The number of nitrogens with one attached hydrogen (secondary N) is 2. The van der Waals surface area contributed by atoms with E-state index in [1.807, 2.05) is 4.90 Å². The van der Waals surface area contributed by atoms with Crippen LogP contribution in [0, 0.1) is 20.2 Å². The predicted octanol–water partition coefficient (Wildman–Crippen LogP) is 4.88. The van der Waals surface area contributed by atoms with Crippen LogP contribution in [0.15, 0.2) is 46.6 Å². The van der Waals surface area contributed by atoms with Gasteiger partial charge in [-0.15, -0.1) is 0 Å². The molecule has 0 bridgehead atoms. The zero-order chi connectivity index (χ0) is 27.1. The number of hydrazone groups is 2. The van der Waals surface area contributed by atoms with E-state index in [4.69, 9.17) is 23.2 Å². The van der Waals surface area contributed by atoms with Crippen molar-refractivity contribution in [3.8, 4) is 0 Å². The van der Waals surface area contributed by atoms with Gasteiger partial charge in [0.1, 0.15) is 10.0 Å². The molecule has 2 N–H and O–H groups in total. The van der Waals surface area contributed by atoms with E-state index < -0.39 is 9.85 Å². The second kappa shape index (κ2) is 12.2. The highest BCUT2D eigenvalue weighted by atomic mass is 35.5. The van der Waals surface area contributed by atoms with Crippen LogP contribution in [0.2, 0.25) is 10.0 Å². The van der Waals surface area contributed by atoms with Crippen molar-refractivity contribution in [3.05, 3.63) is 77.8 Å². The molecule has 14 nitrogen and oxygen atoms in total. The van der Waals surface area contributed by atoms with Crippen molar-refractivity contribution >= 4 is 64.9 Å². The van der Waals surface area contributed by atoms with Crippen molar-refractivity contribution in [2.45, 2.75) is 19.3 Å². The second-order valence-corrected chi connectivity index (χ2v) is 8.82. The summed E-state index contributed by atoms with van der Waals surface area (Å²) in [6, 6.07) is 8.57. The number of hydrogen-bond donors (Lipinski definition) is 2. The van der Waals surface area contributed by atoms with Crippen LogP contribution in [-0.4, -0.2) is 50.3 Å². The van der Waals surface area contributed by atoms with Gasteiger partial charge in [0, 0.05) is 36.3 Å². The van der Waals surface area contributed by atoms with Gasteiger partial charge < -0.3 is 4.90 Å². The van der Waals surface area contributed by atoms with Crippen LogP contribution in [0.5, 0.6) is 0 Å². The third-order valence-corrected chi connectivity index (χ3v) is 5.99. The van der Waals surface area contributed by atoms with Crippen LogP contribution >= 0.6 is 23.2 Å². The highest BCUT2D eigenvalue weighted by molar-refractivity contribution is 6.33. The minimum Gasteiger partial charge on any atom is -0.341 e. The highest BCUT2D eigenvalue weighted by Crippen LogP contribution is 2.25. The molecule has 38 heavy (non-hydrogen) atoms. The average molecular weight is 559 g/mol. The molecule has 0 spiro atoms. The number of hydrogen-bond acceptors (Lipinski definition) is 12. The Hall–Kier alpha value is -4.43. The quantitative estimate of drug-likeness (QED) is 0.209. The number of aromatic nitrogens is 3. The van der Waals surface area contributed by atoms with Crippen molar-refractivity contribution in [2.75, 3.05) is 28.8 Å².